The van der Waals surface area contributed by atoms with Gasteiger partial charge in [0.25, 0.3) is 0 Å². The Balaban J connectivity index is 1.22. The number of hydrogen-bond acceptors (Lipinski definition) is 6. The van der Waals surface area contributed by atoms with Crippen LogP contribution in [-0.4, -0.2) is 44.0 Å². The molecule has 2 fully saturated rings. The van der Waals surface area contributed by atoms with Crippen LogP contribution in [0.4, 0.5) is 14.9 Å². The average Bonchev–Trinajstić information content (AvgIpc) is 3.24. The molecule has 37 heavy (non-hydrogen) atoms. The summed E-state index contributed by atoms with van der Waals surface area (Å²) in [6, 6.07) is 7.82. The third kappa shape index (κ3) is 4.86. The number of fused-ring (bicyclic) bond motifs is 1. The number of thiophene rings is 1. The number of nitrogens with one attached hydrogen (secondary N) is 2. The van der Waals surface area contributed by atoms with E-state index in [9.17, 15) is 14.0 Å². The first kappa shape index (κ1) is 23.4. The molecule has 0 radical (unpaired) electrons. The molecule has 3 aromatic heterocycles. The lowest BCUT2D eigenvalue weighted by Gasteiger charge is -2.15. The fourth-order valence-electron chi connectivity index (χ4n) is 4.35. The lowest BCUT2D eigenvalue weighted by atomic mass is 10.3. The SMILES string of the molecule is Cn1c(CN2CCCC2=O)cnc1-c1cc2nccc(Oc3ccc(NC(=O)NC4CC4)cc3F)c2s1. The quantitative estimate of drug-likeness (QED) is 0.356. The number of aromatic nitrogens is 3. The highest BCUT2D eigenvalue weighted by atomic mass is 32.1. The van der Waals surface area contributed by atoms with E-state index in [0.29, 0.717) is 29.9 Å². The Bertz CT molecular complexity index is 1510. The van der Waals surface area contributed by atoms with E-state index in [1.807, 2.05) is 22.6 Å². The molecule has 2 aliphatic rings. The number of ether oxygens (including phenoxy) is 1. The Hall–Kier alpha value is -3.99. The maximum Gasteiger partial charge on any atom is 0.319 e. The van der Waals surface area contributed by atoms with Gasteiger partial charge in [-0.2, -0.15) is 0 Å². The molecule has 0 bridgehead atoms. The van der Waals surface area contributed by atoms with Crippen molar-refractivity contribution in [3.63, 3.8) is 0 Å². The van der Waals surface area contributed by atoms with E-state index in [4.69, 9.17) is 4.74 Å². The molecule has 2 N–H and O–H groups in total. The van der Waals surface area contributed by atoms with Gasteiger partial charge in [-0.15, -0.1) is 11.3 Å². The Kier molecular flexibility index (Phi) is 5.99. The van der Waals surface area contributed by atoms with E-state index in [-0.39, 0.29) is 23.7 Å². The summed E-state index contributed by atoms with van der Waals surface area (Å²) < 4.78 is 23.5. The summed E-state index contributed by atoms with van der Waals surface area (Å²) in [5.41, 5.74) is 2.02. The van der Waals surface area contributed by atoms with Crippen molar-refractivity contribution >= 4 is 39.2 Å². The van der Waals surface area contributed by atoms with Crippen LogP contribution in [0.2, 0.25) is 0 Å². The molecular formula is C26H25FN6O3S. The van der Waals surface area contributed by atoms with Crippen molar-refractivity contribution in [1.29, 1.82) is 0 Å². The smallest absolute Gasteiger partial charge is 0.319 e. The molecule has 4 heterocycles. The number of anilines is 1. The lowest BCUT2D eigenvalue weighted by molar-refractivity contribution is -0.128. The van der Waals surface area contributed by atoms with E-state index >= 15 is 0 Å². The number of pyridine rings is 1. The largest absolute Gasteiger partial charge is 0.453 e. The normalized spacial score (nSPS) is 15.4. The Morgan fingerprint density at radius 3 is 2.84 bits per heavy atom. The average molecular weight is 521 g/mol. The topological polar surface area (TPSA) is 101 Å². The van der Waals surface area contributed by atoms with Crippen LogP contribution >= 0.6 is 11.3 Å². The Morgan fingerprint density at radius 1 is 1.22 bits per heavy atom. The number of hydrogen-bond donors (Lipinski definition) is 2. The summed E-state index contributed by atoms with van der Waals surface area (Å²) in [7, 11) is 1.93. The van der Waals surface area contributed by atoms with Crippen LogP contribution < -0.4 is 15.4 Å². The van der Waals surface area contributed by atoms with Gasteiger partial charge in [-0.05, 0) is 37.5 Å². The summed E-state index contributed by atoms with van der Waals surface area (Å²) in [6.07, 6.45) is 6.86. The van der Waals surface area contributed by atoms with E-state index < -0.39 is 5.82 Å². The van der Waals surface area contributed by atoms with Crippen LogP contribution in [-0.2, 0) is 18.4 Å². The highest BCUT2D eigenvalue weighted by Crippen LogP contribution is 2.39. The van der Waals surface area contributed by atoms with Crippen LogP contribution in [0.25, 0.3) is 20.9 Å². The second-order valence-corrected chi connectivity index (χ2v) is 10.4. The number of likely N-dealkylation sites (tertiary alicyclic amines) is 1. The van der Waals surface area contributed by atoms with Crippen molar-refractivity contribution in [1.82, 2.24) is 24.8 Å². The standard InChI is InChI=1S/C26H25FN6O3S/c1-32-17(14-33-10-2-3-23(33)34)13-29-25(32)22-12-19-24(37-22)21(8-9-28-19)36-20-7-6-16(11-18(20)27)31-26(35)30-15-4-5-15/h6-9,11-13,15H,2-5,10,14H2,1H3,(H2,30,31,35). The zero-order valence-corrected chi connectivity index (χ0v) is 21.0. The fraction of sp³-hybridized carbons (Fsp3) is 0.308. The number of imidazole rings is 1. The van der Waals surface area contributed by atoms with Gasteiger partial charge >= 0.3 is 6.03 Å². The van der Waals surface area contributed by atoms with Gasteiger partial charge in [-0.25, -0.2) is 14.2 Å². The maximum absolute atomic E-state index is 14.8. The van der Waals surface area contributed by atoms with Gasteiger partial charge in [-0.1, -0.05) is 0 Å². The predicted octanol–water partition coefficient (Wildman–Crippen LogP) is 5.03. The first-order chi connectivity index (χ1) is 17.9. The van der Waals surface area contributed by atoms with Crippen molar-refractivity contribution in [2.75, 3.05) is 11.9 Å². The Labute approximate surface area is 216 Å². The van der Waals surface area contributed by atoms with Gasteiger partial charge in [0, 0.05) is 50.1 Å². The number of carbonyl (C=O) groups is 2. The molecule has 4 aromatic rings. The van der Waals surface area contributed by atoms with Crippen molar-refractivity contribution in [3.05, 3.63) is 54.2 Å². The molecule has 1 aliphatic heterocycles. The Morgan fingerprint density at radius 2 is 2.08 bits per heavy atom. The molecule has 0 atom stereocenters. The van der Waals surface area contributed by atoms with Crippen LogP contribution in [0.1, 0.15) is 31.4 Å². The number of benzene rings is 1. The molecule has 9 nitrogen and oxygen atoms in total. The van der Waals surface area contributed by atoms with E-state index in [2.05, 4.69) is 20.6 Å². The second kappa shape index (κ2) is 9.47. The summed E-state index contributed by atoms with van der Waals surface area (Å²) in [5.74, 6) is 0.876. The molecule has 0 unspecified atom stereocenters. The number of carbonyl (C=O) groups excluding carboxylic acids is 2. The molecule has 6 rings (SSSR count). The summed E-state index contributed by atoms with van der Waals surface area (Å²) in [5, 5.41) is 5.45. The fourth-order valence-corrected chi connectivity index (χ4v) is 5.45. The molecule has 1 saturated carbocycles. The van der Waals surface area contributed by atoms with Crippen molar-refractivity contribution in [2.24, 2.45) is 7.05 Å². The molecule has 190 valence electrons. The highest BCUT2D eigenvalue weighted by Gasteiger charge is 2.24. The summed E-state index contributed by atoms with van der Waals surface area (Å²) >= 11 is 1.46. The van der Waals surface area contributed by atoms with E-state index in [1.54, 1.807) is 24.5 Å². The molecular weight excluding hydrogens is 495 g/mol. The van der Waals surface area contributed by atoms with Crippen LogP contribution in [0.5, 0.6) is 11.5 Å². The minimum absolute atomic E-state index is 0.0464. The number of amides is 3. The van der Waals surface area contributed by atoms with Gasteiger partial charge in [0.05, 0.1) is 33.5 Å². The van der Waals surface area contributed by atoms with Crippen molar-refractivity contribution in [2.45, 2.75) is 38.3 Å². The number of nitrogens with zero attached hydrogens (tertiary/aromatic N) is 4. The van der Waals surface area contributed by atoms with Crippen LogP contribution in [0.15, 0.2) is 42.7 Å². The van der Waals surface area contributed by atoms with Gasteiger partial charge in [0.2, 0.25) is 5.91 Å². The van der Waals surface area contributed by atoms with Crippen LogP contribution in [0, 0.1) is 5.82 Å². The molecule has 0 spiro atoms. The maximum atomic E-state index is 14.8. The monoisotopic (exact) mass is 520 g/mol. The summed E-state index contributed by atoms with van der Waals surface area (Å²) in [4.78, 5) is 35.8. The molecule has 3 amide bonds. The number of urea groups is 1. The van der Waals surface area contributed by atoms with E-state index in [0.717, 1.165) is 46.9 Å². The van der Waals surface area contributed by atoms with E-state index in [1.165, 1.54) is 23.5 Å². The zero-order valence-electron chi connectivity index (χ0n) is 20.2. The second-order valence-electron chi connectivity index (χ2n) is 9.31. The van der Waals surface area contributed by atoms with Crippen molar-refractivity contribution < 1.29 is 18.7 Å². The molecule has 1 aliphatic carbocycles. The number of halogens is 1. The minimum atomic E-state index is -0.587. The molecule has 11 heteroatoms. The zero-order chi connectivity index (χ0) is 25.5. The van der Waals surface area contributed by atoms with Gasteiger partial charge in [0.1, 0.15) is 11.6 Å². The van der Waals surface area contributed by atoms with Crippen LogP contribution in [0.3, 0.4) is 0 Å². The summed E-state index contributed by atoms with van der Waals surface area (Å²) in [6.45, 7) is 1.31. The minimum Gasteiger partial charge on any atom is -0.453 e. The predicted molar refractivity (Wildman–Crippen MR) is 138 cm³/mol. The molecule has 1 saturated heterocycles. The third-order valence-corrected chi connectivity index (χ3v) is 7.66. The number of rotatable bonds is 7. The van der Waals surface area contributed by atoms with Crippen molar-refractivity contribution in [3.8, 4) is 22.2 Å². The molecule has 1 aromatic carbocycles. The van der Waals surface area contributed by atoms with Gasteiger partial charge in [0.15, 0.2) is 11.6 Å². The first-order valence-corrected chi connectivity index (χ1v) is 13.0. The van der Waals surface area contributed by atoms with Gasteiger partial charge in [-0.3, -0.25) is 9.78 Å². The first-order valence-electron chi connectivity index (χ1n) is 12.2. The highest BCUT2D eigenvalue weighted by molar-refractivity contribution is 7.22. The third-order valence-electron chi connectivity index (χ3n) is 6.53. The lowest BCUT2D eigenvalue weighted by Crippen LogP contribution is -2.30. The van der Waals surface area contributed by atoms with Gasteiger partial charge < -0.3 is 24.8 Å².